The van der Waals surface area contributed by atoms with Crippen LogP contribution in [0, 0.1) is 13.8 Å². The maximum absolute atomic E-state index is 11.8. The summed E-state index contributed by atoms with van der Waals surface area (Å²) in [6.07, 6.45) is -0.531. The van der Waals surface area contributed by atoms with Crippen LogP contribution in [0.25, 0.3) is 0 Å². The summed E-state index contributed by atoms with van der Waals surface area (Å²) in [7, 11) is 0. The molecule has 0 unspecified atom stereocenters. The van der Waals surface area contributed by atoms with Crippen molar-refractivity contribution >= 4 is 23.4 Å². The van der Waals surface area contributed by atoms with Gasteiger partial charge in [-0.25, -0.2) is 4.79 Å². The van der Waals surface area contributed by atoms with Crippen LogP contribution in [0.5, 0.6) is 0 Å². The monoisotopic (exact) mass is 383 g/mol. The highest BCUT2D eigenvalue weighted by Gasteiger charge is 2.21. The van der Waals surface area contributed by atoms with Crippen molar-refractivity contribution in [2.75, 3.05) is 41.3 Å². The summed E-state index contributed by atoms with van der Waals surface area (Å²) in [6.45, 7) is 13.4. The van der Waals surface area contributed by atoms with E-state index in [1.54, 1.807) is 6.07 Å². The third-order valence-electron chi connectivity index (χ3n) is 4.80. The summed E-state index contributed by atoms with van der Waals surface area (Å²) >= 11 is 0. The second-order valence-corrected chi connectivity index (χ2v) is 8.10. The Hall–Kier alpha value is -2.83. The smallest absolute Gasteiger partial charge is 0.413 e. The van der Waals surface area contributed by atoms with Gasteiger partial charge < -0.3 is 14.5 Å². The highest BCUT2D eigenvalue weighted by molar-refractivity contribution is 5.83. The van der Waals surface area contributed by atoms with Gasteiger partial charge in [-0.2, -0.15) is 0 Å². The number of aryl methyl sites for hydroxylation is 1. The Balaban J connectivity index is 1.57. The standard InChI is InChI=1S/C21H29N5O2/c1-15-7-6-8-17(16(15)2)25-11-13-26(14-12-25)19-10-9-18(23-24-19)22-20(27)28-21(3,4)5/h6-10H,11-14H2,1-5H3,(H,22,23,27). The summed E-state index contributed by atoms with van der Waals surface area (Å²) in [5.74, 6) is 1.20. The SMILES string of the molecule is Cc1cccc(N2CCN(c3ccc(NC(=O)OC(C)(C)C)nn3)CC2)c1C. The molecule has 0 aliphatic carbocycles. The Bertz CT molecular complexity index is 822. The number of piperazine rings is 1. The fraction of sp³-hybridized carbons (Fsp3) is 0.476. The number of benzene rings is 1. The second-order valence-electron chi connectivity index (χ2n) is 8.10. The molecule has 1 aromatic heterocycles. The number of anilines is 3. The molecule has 1 aliphatic rings. The molecule has 1 fully saturated rings. The van der Waals surface area contributed by atoms with E-state index in [0.717, 1.165) is 32.0 Å². The molecule has 3 rings (SSSR count). The normalized spacial score (nSPS) is 14.8. The minimum Gasteiger partial charge on any atom is -0.444 e. The first-order valence-electron chi connectivity index (χ1n) is 9.63. The number of carbonyl (C=O) groups excluding carboxylic acids is 1. The van der Waals surface area contributed by atoms with Gasteiger partial charge >= 0.3 is 6.09 Å². The number of aromatic nitrogens is 2. The van der Waals surface area contributed by atoms with Crippen molar-refractivity contribution in [3.63, 3.8) is 0 Å². The van der Waals surface area contributed by atoms with Gasteiger partial charge in [0.2, 0.25) is 0 Å². The van der Waals surface area contributed by atoms with Gasteiger partial charge in [0.25, 0.3) is 0 Å². The lowest BCUT2D eigenvalue weighted by Crippen LogP contribution is -2.47. The largest absolute Gasteiger partial charge is 0.444 e. The van der Waals surface area contributed by atoms with Gasteiger partial charge in [-0.3, -0.25) is 5.32 Å². The van der Waals surface area contributed by atoms with E-state index in [1.807, 2.05) is 26.8 Å². The van der Waals surface area contributed by atoms with E-state index in [-0.39, 0.29) is 0 Å². The van der Waals surface area contributed by atoms with Gasteiger partial charge in [0.15, 0.2) is 11.6 Å². The first kappa shape index (κ1) is 19.9. The first-order valence-corrected chi connectivity index (χ1v) is 9.63. The molecule has 1 amide bonds. The number of carbonyl (C=O) groups is 1. The third kappa shape index (κ3) is 4.91. The molecule has 1 aliphatic heterocycles. The molecule has 7 nitrogen and oxygen atoms in total. The zero-order valence-electron chi connectivity index (χ0n) is 17.3. The van der Waals surface area contributed by atoms with Crippen molar-refractivity contribution in [2.45, 2.75) is 40.2 Å². The Morgan fingerprint density at radius 2 is 1.68 bits per heavy atom. The average Bonchev–Trinajstić information content (AvgIpc) is 2.63. The van der Waals surface area contributed by atoms with Crippen LogP contribution in [0.3, 0.4) is 0 Å². The molecule has 0 atom stereocenters. The number of nitrogens with zero attached hydrogens (tertiary/aromatic N) is 4. The zero-order valence-corrected chi connectivity index (χ0v) is 17.3. The van der Waals surface area contributed by atoms with Gasteiger partial charge in [0.05, 0.1) is 0 Å². The van der Waals surface area contributed by atoms with Crippen LogP contribution in [0.2, 0.25) is 0 Å². The molecule has 150 valence electrons. The van der Waals surface area contributed by atoms with Gasteiger partial charge in [0.1, 0.15) is 5.60 Å². The molecular formula is C21H29N5O2. The molecule has 0 saturated carbocycles. The number of hydrogen-bond donors (Lipinski definition) is 1. The summed E-state index contributed by atoms with van der Waals surface area (Å²) in [6, 6.07) is 10.1. The third-order valence-corrected chi connectivity index (χ3v) is 4.80. The maximum atomic E-state index is 11.8. The predicted octanol–water partition coefficient (Wildman–Crippen LogP) is 3.77. The second kappa shape index (κ2) is 8.04. The molecule has 28 heavy (non-hydrogen) atoms. The predicted molar refractivity (Wildman–Crippen MR) is 112 cm³/mol. The molecule has 7 heteroatoms. The fourth-order valence-corrected chi connectivity index (χ4v) is 3.22. The molecule has 1 saturated heterocycles. The van der Waals surface area contributed by atoms with Gasteiger partial charge in [-0.1, -0.05) is 12.1 Å². The van der Waals surface area contributed by atoms with Crippen LogP contribution in [0.15, 0.2) is 30.3 Å². The molecule has 1 aromatic carbocycles. The van der Waals surface area contributed by atoms with Crippen molar-refractivity contribution in [3.8, 4) is 0 Å². The van der Waals surface area contributed by atoms with Crippen LogP contribution in [-0.2, 0) is 4.74 Å². The van der Waals surface area contributed by atoms with E-state index in [0.29, 0.717) is 5.82 Å². The van der Waals surface area contributed by atoms with E-state index >= 15 is 0 Å². The van der Waals surface area contributed by atoms with E-state index in [2.05, 4.69) is 57.4 Å². The molecule has 2 aromatic rings. The topological polar surface area (TPSA) is 70.6 Å². The van der Waals surface area contributed by atoms with Crippen molar-refractivity contribution in [2.24, 2.45) is 0 Å². The number of nitrogens with one attached hydrogen (secondary N) is 1. The van der Waals surface area contributed by atoms with Crippen molar-refractivity contribution < 1.29 is 9.53 Å². The highest BCUT2D eigenvalue weighted by Crippen LogP contribution is 2.25. The Labute approximate surface area is 166 Å². The van der Waals surface area contributed by atoms with E-state index < -0.39 is 11.7 Å². The number of ether oxygens (including phenoxy) is 1. The van der Waals surface area contributed by atoms with Crippen molar-refractivity contribution in [3.05, 3.63) is 41.5 Å². The van der Waals surface area contributed by atoms with Crippen molar-refractivity contribution in [1.29, 1.82) is 0 Å². The Morgan fingerprint density at radius 3 is 2.29 bits per heavy atom. The quantitative estimate of drug-likeness (QED) is 0.870. The Morgan fingerprint density at radius 1 is 1.00 bits per heavy atom. The van der Waals surface area contributed by atoms with Crippen LogP contribution >= 0.6 is 0 Å². The average molecular weight is 383 g/mol. The Kier molecular flexibility index (Phi) is 5.72. The summed E-state index contributed by atoms with van der Waals surface area (Å²) in [4.78, 5) is 16.5. The van der Waals surface area contributed by atoms with Crippen molar-refractivity contribution in [1.82, 2.24) is 10.2 Å². The van der Waals surface area contributed by atoms with Gasteiger partial charge in [-0.15, -0.1) is 10.2 Å². The molecule has 1 N–H and O–H groups in total. The lowest BCUT2D eigenvalue weighted by atomic mass is 10.1. The highest BCUT2D eigenvalue weighted by atomic mass is 16.6. The molecule has 0 radical (unpaired) electrons. The zero-order chi connectivity index (χ0) is 20.3. The first-order chi connectivity index (χ1) is 13.2. The lowest BCUT2D eigenvalue weighted by molar-refractivity contribution is 0.0635. The summed E-state index contributed by atoms with van der Waals surface area (Å²) in [5, 5.41) is 11.0. The summed E-state index contributed by atoms with van der Waals surface area (Å²) in [5.41, 5.74) is 3.42. The van der Waals surface area contributed by atoms with Crippen LogP contribution in [0.1, 0.15) is 31.9 Å². The van der Waals surface area contributed by atoms with Gasteiger partial charge in [0, 0.05) is 31.9 Å². The minimum atomic E-state index is -0.549. The van der Waals surface area contributed by atoms with E-state index in [4.69, 9.17) is 4.74 Å². The van der Waals surface area contributed by atoms with Gasteiger partial charge in [-0.05, 0) is 63.9 Å². The fourth-order valence-electron chi connectivity index (χ4n) is 3.22. The minimum absolute atomic E-state index is 0.382. The lowest BCUT2D eigenvalue weighted by Gasteiger charge is -2.37. The molecular weight excluding hydrogens is 354 g/mol. The van der Waals surface area contributed by atoms with Crippen LogP contribution < -0.4 is 15.1 Å². The number of rotatable bonds is 3. The molecule has 2 heterocycles. The van der Waals surface area contributed by atoms with E-state index in [1.165, 1.54) is 16.8 Å². The maximum Gasteiger partial charge on any atom is 0.413 e. The molecule has 0 bridgehead atoms. The van der Waals surface area contributed by atoms with Crippen LogP contribution in [0.4, 0.5) is 22.1 Å². The summed E-state index contributed by atoms with van der Waals surface area (Å²) < 4.78 is 5.23. The van der Waals surface area contributed by atoms with Crippen LogP contribution in [-0.4, -0.2) is 48.1 Å². The number of hydrogen-bond acceptors (Lipinski definition) is 6. The molecule has 0 spiro atoms. The van der Waals surface area contributed by atoms with E-state index in [9.17, 15) is 4.79 Å². The number of amides is 1.